The first-order chi connectivity index (χ1) is 13.7. The lowest BCUT2D eigenvalue weighted by molar-refractivity contribution is -0.138. The van der Waals surface area contributed by atoms with E-state index in [0.29, 0.717) is 16.5 Å². The standard InChI is InChI=1S/C15H16N2O5S.C3H6N2S/c1-16-23(21,22)13-7-3-4-10-11(13)5-2-6-12(10)17-14(18)8-9-15(19)20;4-3-5-1-2-6-3/h2-7,16H,8-9H2,1H3,(H,17,18)(H,19,20);1-2H2,(H2,4,5). The summed E-state index contributed by atoms with van der Waals surface area (Å²) in [4.78, 5) is 26.3. The minimum absolute atomic E-state index is 0.110. The van der Waals surface area contributed by atoms with E-state index in [1.165, 1.54) is 13.1 Å². The fraction of sp³-hybridized carbons (Fsp3) is 0.278. The molecule has 0 atom stereocenters. The molecule has 0 aromatic heterocycles. The van der Waals surface area contributed by atoms with E-state index in [9.17, 15) is 18.0 Å². The van der Waals surface area contributed by atoms with E-state index in [1.807, 2.05) is 0 Å². The fourth-order valence-electron chi connectivity index (χ4n) is 2.52. The third-order valence-electron chi connectivity index (χ3n) is 3.89. The van der Waals surface area contributed by atoms with Crippen LogP contribution in [0.15, 0.2) is 46.3 Å². The molecule has 2 aromatic rings. The Balaban J connectivity index is 0.000000426. The molecular weight excluding hydrogens is 416 g/mol. The number of carboxylic acids is 1. The highest BCUT2D eigenvalue weighted by atomic mass is 32.2. The lowest BCUT2D eigenvalue weighted by Crippen LogP contribution is -2.19. The number of hydrogen-bond donors (Lipinski definition) is 4. The van der Waals surface area contributed by atoms with Crippen LogP contribution < -0.4 is 15.8 Å². The molecule has 1 aliphatic rings. The maximum atomic E-state index is 12.1. The van der Waals surface area contributed by atoms with Gasteiger partial charge in [-0.2, -0.15) is 0 Å². The summed E-state index contributed by atoms with van der Waals surface area (Å²) in [5.41, 5.74) is 5.68. The number of nitrogens with zero attached hydrogens (tertiary/aromatic N) is 1. The summed E-state index contributed by atoms with van der Waals surface area (Å²) in [5, 5.41) is 13.0. The maximum Gasteiger partial charge on any atom is 0.303 e. The molecule has 0 unspecified atom stereocenters. The van der Waals surface area contributed by atoms with E-state index in [-0.39, 0.29) is 17.7 Å². The first-order valence-electron chi connectivity index (χ1n) is 8.64. The SMILES string of the molecule is CNS(=O)(=O)c1cccc2c(NC(=O)CCC(=O)O)cccc12.NC1=NCCS1. The highest BCUT2D eigenvalue weighted by Gasteiger charge is 2.16. The number of nitrogens with one attached hydrogen (secondary N) is 2. The van der Waals surface area contributed by atoms with Crippen LogP contribution in [0.3, 0.4) is 0 Å². The van der Waals surface area contributed by atoms with Crippen molar-refractivity contribution >= 4 is 55.3 Å². The summed E-state index contributed by atoms with van der Waals surface area (Å²) in [7, 11) is -2.31. The predicted octanol–water partition coefficient (Wildman–Crippen LogP) is 1.60. The monoisotopic (exact) mass is 438 g/mol. The van der Waals surface area contributed by atoms with Crippen LogP contribution in [-0.4, -0.2) is 49.9 Å². The van der Waals surface area contributed by atoms with Crippen molar-refractivity contribution in [2.75, 3.05) is 24.7 Å². The summed E-state index contributed by atoms with van der Waals surface area (Å²) in [6, 6.07) is 9.66. The Morgan fingerprint density at radius 1 is 1.17 bits per heavy atom. The molecule has 3 rings (SSSR count). The number of amidine groups is 1. The minimum Gasteiger partial charge on any atom is -0.481 e. The number of nitrogens with two attached hydrogens (primary N) is 1. The van der Waals surface area contributed by atoms with Gasteiger partial charge in [0.05, 0.1) is 17.9 Å². The van der Waals surface area contributed by atoms with Crippen molar-refractivity contribution in [2.45, 2.75) is 17.7 Å². The normalized spacial score (nSPS) is 13.3. The third kappa shape index (κ3) is 6.44. The van der Waals surface area contributed by atoms with E-state index < -0.39 is 21.9 Å². The van der Waals surface area contributed by atoms with Crippen LogP contribution in [0.5, 0.6) is 0 Å². The van der Waals surface area contributed by atoms with Crippen LogP contribution in [0, 0.1) is 0 Å². The molecule has 5 N–H and O–H groups in total. The van der Waals surface area contributed by atoms with E-state index in [4.69, 9.17) is 10.8 Å². The van der Waals surface area contributed by atoms with Gasteiger partial charge >= 0.3 is 5.97 Å². The van der Waals surface area contributed by atoms with Gasteiger partial charge < -0.3 is 16.2 Å². The van der Waals surface area contributed by atoms with Gasteiger partial charge in [0.15, 0.2) is 5.17 Å². The maximum absolute atomic E-state index is 12.1. The second-order valence-electron chi connectivity index (χ2n) is 5.87. The number of thioether (sulfide) groups is 1. The number of anilines is 1. The number of aliphatic imine (C=N–C) groups is 1. The van der Waals surface area contributed by atoms with Crippen molar-refractivity contribution in [3.05, 3.63) is 36.4 Å². The van der Waals surface area contributed by atoms with Crippen molar-refractivity contribution < 1.29 is 23.1 Å². The van der Waals surface area contributed by atoms with Crippen LogP contribution in [0.25, 0.3) is 10.8 Å². The van der Waals surface area contributed by atoms with Crippen LogP contribution in [0.2, 0.25) is 0 Å². The quantitative estimate of drug-likeness (QED) is 0.535. The Hall–Kier alpha value is -2.63. The number of benzene rings is 2. The molecule has 1 aliphatic heterocycles. The number of rotatable bonds is 6. The van der Waals surface area contributed by atoms with Crippen molar-refractivity contribution in [3.63, 3.8) is 0 Å². The summed E-state index contributed by atoms with van der Waals surface area (Å²) < 4.78 is 26.4. The Morgan fingerprint density at radius 2 is 1.86 bits per heavy atom. The Labute approximate surface area is 172 Å². The fourth-order valence-corrected chi connectivity index (χ4v) is 4.04. The molecule has 0 spiro atoms. The van der Waals surface area contributed by atoms with E-state index in [0.717, 1.165) is 17.5 Å². The molecule has 29 heavy (non-hydrogen) atoms. The number of carbonyl (C=O) groups is 2. The van der Waals surface area contributed by atoms with Crippen molar-refractivity contribution in [1.82, 2.24) is 4.72 Å². The minimum atomic E-state index is -3.63. The van der Waals surface area contributed by atoms with Gasteiger partial charge in [-0.15, -0.1) is 0 Å². The van der Waals surface area contributed by atoms with Crippen molar-refractivity contribution in [2.24, 2.45) is 10.7 Å². The van der Waals surface area contributed by atoms with Gasteiger partial charge in [0.25, 0.3) is 0 Å². The first-order valence-corrected chi connectivity index (χ1v) is 11.1. The zero-order valence-electron chi connectivity index (χ0n) is 15.7. The number of fused-ring (bicyclic) bond motifs is 1. The van der Waals surface area contributed by atoms with Crippen LogP contribution in [0.1, 0.15) is 12.8 Å². The summed E-state index contributed by atoms with van der Waals surface area (Å²) in [6.07, 6.45) is -0.420. The molecule has 0 saturated heterocycles. The Bertz CT molecular complexity index is 1040. The largest absolute Gasteiger partial charge is 0.481 e. The van der Waals surface area contributed by atoms with E-state index >= 15 is 0 Å². The van der Waals surface area contributed by atoms with Gasteiger partial charge in [-0.1, -0.05) is 36.0 Å². The molecule has 0 saturated carbocycles. The summed E-state index contributed by atoms with van der Waals surface area (Å²) >= 11 is 1.62. The summed E-state index contributed by atoms with van der Waals surface area (Å²) in [5.74, 6) is -0.423. The van der Waals surface area contributed by atoms with Crippen molar-refractivity contribution in [3.8, 4) is 0 Å². The molecule has 0 fully saturated rings. The smallest absolute Gasteiger partial charge is 0.303 e. The number of aliphatic carboxylic acids is 1. The number of amides is 1. The van der Waals surface area contributed by atoms with Gasteiger partial charge in [-0.25, -0.2) is 13.1 Å². The third-order valence-corrected chi connectivity index (χ3v) is 6.17. The van der Waals surface area contributed by atoms with Crippen LogP contribution in [0.4, 0.5) is 5.69 Å². The van der Waals surface area contributed by atoms with E-state index in [2.05, 4.69) is 15.0 Å². The van der Waals surface area contributed by atoms with Gasteiger partial charge in [0.2, 0.25) is 15.9 Å². The average molecular weight is 439 g/mol. The zero-order chi connectivity index (χ0) is 21.4. The van der Waals surface area contributed by atoms with Crippen LogP contribution in [-0.2, 0) is 19.6 Å². The molecule has 11 heteroatoms. The van der Waals surface area contributed by atoms with Crippen LogP contribution >= 0.6 is 11.8 Å². The number of carbonyl (C=O) groups excluding carboxylic acids is 1. The lowest BCUT2D eigenvalue weighted by atomic mass is 10.1. The Kier molecular flexibility index (Phi) is 8.00. The zero-order valence-corrected chi connectivity index (χ0v) is 17.3. The van der Waals surface area contributed by atoms with E-state index in [1.54, 1.807) is 42.1 Å². The molecule has 9 nitrogen and oxygen atoms in total. The lowest BCUT2D eigenvalue weighted by Gasteiger charge is -2.11. The molecule has 1 amide bonds. The molecule has 1 heterocycles. The molecular formula is C18H22N4O5S2. The molecule has 0 bridgehead atoms. The predicted molar refractivity (Wildman–Crippen MR) is 115 cm³/mol. The first kappa shape index (κ1) is 22.7. The molecule has 0 aliphatic carbocycles. The number of carboxylic acid groups (broad SMARTS) is 1. The van der Waals surface area contributed by atoms with Gasteiger partial charge in [-0.05, 0) is 19.2 Å². The van der Waals surface area contributed by atoms with Gasteiger partial charge in [0, 0.05) is 28.6 Å². The average Bonchev–Trinajstić information content (AvgIpc) is 3.17. The molecule has 2 aromatic carbocycles. The second kappa shape index (κ2) is 10.2. The highest BCUT2D eigenvalue weighted by Crippen LogP contribution is 2.28. The summed E-state index contributed by atoms with van der Waals surface area (Å²) in [6.45, 7) is 0.913. The number of hydrogen-bond acceptors (Lipinski definition) is 7. The number of sulfonamides is 1. The Morgan fingerprint density at radius 3 is 2.41 bits per heavy atom. The molecule has 0 radical (unpaired) electrons. The van der Waals surface area contributed by atoms with Gasteiger partial charge in [0.1, 0.15) is 0 Å². The highest BCUT2D eigenvalue weighted by molar-refractivity contribution is 8.14. The topological polar surface area (TPSA) is 151 Å². The van der Waals surface area contributed by atoms with Gasteiger partial charge in [-0.3, -0.25) is 14.6 Å². The molecule has 156 valence electrons. The van der Waals surface area contributed by atoms with Crippen molar-refractivity contribution in [1.29, 1.82) is 0 Å². The second-order valence-corrected chi connectivity index (χ2v) is 8.84.